The summed E-state index contributed by atoms with van der Waals surface area (Å²) in [6, 6.07) is 13.4. The molecule has 23 heavy (non-hydrogen) atoms. The predicted octanol–water partition coefficient (Wildman–Crippen LogP) is 3.05. The van der Waals surface area contributed by atoms with E-state index in [1.165, 1.54) is 11.0 Å². The molecular formula is C18H19N3OS. The molecule has 0 aliphatic rings. The van der Waals surface area contributed by atoms with Gasteiger partial charge in [0, 0.05) is 17.5 Å². The van der Waals surface area contributed by atoms with Crippen LogP contribution in [0.2, 0.25) is 0 Å². The van der Waals surface area contributed by atoms with E-state index in [1.54, 1.807) is 29.5 Å². The molecule has 2 aromatic rings. The number of nitrogens with one attached hydrogen (secondary N) is 1. The van der Waals surface area contributed by atoms with Gasteiger partial charge < -0.3 is 10.2 Å². The topological polar surface area (TPSA) is 56.1 Å². The van der Waals surface area contributed by atoms with Crippen LogP contribution in [0.4, 0.5) is 0 Å². The zero-order valence-corrected chi connectivity index (χ0v) is 14.0. The molecule has 1 aromatic heterocycles. The summed E-state index contributed by atoms with van der Waals surface area (Å²) < 4.78 is 0. The van der Waals surface area contributed by atoms with Gasteiger partial charge in [-0.15, -0.1) is 11.3 Å². The molecule has 1 heterocycles. The van der Waals surface area contributed by atoms with Gasteiger partial charge in [0.05, 0.1) is 17.7 Å². The van der Waals surface area contributed by atoms with Crippen molar-refractivity contribution in [2.45, 2.75) is 6.04 Å². The van der Waals surface area contributed by atoms with E-state index < -0.39 is 0 Å². The number of carbonyl (C=O) groups excluding carboxylic acids is 1. The Bertz CT molecular complexity index is 697. The summed E-state index contributed by atoms with van der Waals surface area (Å²) in [7, 11) is 4.01. The fourth-order valence-corrected chi connectivity index (χ4v) is 3.04. The molecule has 0 radical (unpaired) electrons. The smallest absolute Gasteiger partial charge is 0.244 e. The highest BCUT2D eigenvalue weighted by atomic mass is 32.1. The first-order chi connectivity index (χ1) is 11.1. The van der Waals surface area contributed by atoms with Crippen molar-refractivity contribution >= 4 is 23.3 Å². The molecule has 1 N–H and O–H groups in total. The molecule has 1 amide bonds. The summed E-state index contributed by atoms with van der Waals surface area (Å²) in [6.45, 7) is 0.560. The van der Waals surface area contributed by atoms with Crippen molar-refractivity contribution in [1.29, 1.82) is 5.26 Å². The number of hydrogen-bond acceptors (Lipinski definition) is 4. The summed E-state index contributed by atoms with van der Waals surface area (Å²) in [5.74, 6) is -0.127. The predicted molar refractivity (Wildman–Crippen MR) is 93.9 cm³/mol. The average Bonchev–Trinajstić information content (AvgIpc) is 3.07. The molecule has 0 saturated heterocycles. The Morgan fingerprint density at radius 3 is 2.65 bits per heavy atom. The van der Waals surface area contributed by atoms with Gasteiger partial charge in [0.1, 0.15) is 0 Å². The van der Waals surface area contributed by atoms with Gasteiger partial charge in [0.25, 0.3) is 0 Å². The van der Waals surface area contributed by atoms with Gasteiger partial charge in [-0.2, -0.15) is 5.26 Å². The number of amides is 1. The van der Waals surface area contributed by atoms with Crippen LogP contribution in [0.25, 0.3) is 6.08 Å². The third kappa shape index (κ3) is 5.06. The minimum Gasteiger partial charge on any atom is -0.351 e. The first-order valence-corrected chi connectivity index (χ1v) is 8.14. The van der Waals surface area contributed by atoms with E-state index >= 15 is 0 Å². The summed E-state index contributed by atoms with van der Waals surface area (Å²) in [5.41, 5.74) is 1.50. The molecule has 118 valence electrons. The molecule has 1 atom stereocenters. The van der Waals surface area contributed by atoms with Gasteiger partial charge in [-0.3, -0.25) is 4.79 Å². The maximum absolute atomic E-state index is 12.0. The lowest BCUT2D eigenvalue weighted by Crippen LogP contribution is -2.33. The zero-order chi connectivity index (χ0) is 16.7. The Labute approximate surface area is 140 Å². The lowest BCUT2D eigenvalue weighted by molar-refractivity contribution is -0.116. The number of thiophene rings is 1. The Morgan fingerprint density at radius 2 is 2.09 bits per heavy atom. The minimum atomic E-state index is -0.127. The van der Waals surface area contributed by atoms with Crippen molar-refractivity contribution in [3.8, 4) is 6.07 Å². The Kier molecular flexibility index (Phi) is 6.10. The fraction of sp³-hybridized carbons (Fsp3) is 0.222. The van der Waals surface area contributed by atoms with Crippen molar-refractivity contribution < 1.29 is 4.79 Å². The molecular weight excluding hydrogens is 306 g/mol. The molecule has 2 rings (SSSR count). The second kappa shape index (κ2) is 8.28. The minimum absolute atomic E-state index is 0.127. The molecule has 0 bridgehead atoms. The van der Waals surface area contributed by atoms with Gasteiger partial charge in [0.15, 0.2) is 0 Å². The van der Waals surface area contributed by atoms with Crippen LogP contribution in [0.5, 0.6) is 0 Å². The van der Waals surface area contributed by atoms with Crippen LogP contribution in [-0.4, -0.2) is 31.4 Å². The van der Waals surface area contributed by atoms with Crippen LogP contribution in [0.3, 0.4) is 0 Å². The summed E-state index contributed by atoms with van der Waals surface area (Å²) >= 11 is 1.69. The van der Waals surface area contributed by atoms with Gasteiger partial charge in [-0.1, -0.05) is 18.2 Å². The quantitative estimate of drug-likeness (QED) is 0.831. The van der Waals surface area contributed by atoms with Crippen LogP contribution in [0.15, 0.2) is 47.9 Å². The maximum atomic E-state index is 12.0. The highest BCUT2D eigenvalue weighted by Gasteiger charge is 2.15. The monoisotopic (exact) mass is 325 g/mol. The summed E-state index contributed by atoms with van der Waals surface area (Å²) in [6.07, 6.45) is 3.26. The van der Waals surface area contributed by atoms with Crippen molar-refractivity contribution in [2.75, 3.05) is 20.6 Å². The molecule has 5 heteroatoms. The van der Waals surface area contributed by atoms with E-state index in [-0.39, 0.29) is 11.9 Å². The van der Waals surface area contributed by atoms with E-state index in [0.717, 1.165) is 5.56 Å². The van der Waals surface area contributed by atoms with E-state index in [4.69, 9.17) is 5.26 Å². The standard InChI is InChI=1S/C18H19N3OS/c1-21(2)16(17-4-3-11-23-17)13-20-18(22)10-9-14-5-7-15(12-19)8-6-14/h3-11,16H,13H2,1-2H3,(H,20,22)/b10-9-/t16-/m1/s1. The number of carbonyl (C=O) groups is 1. The zero-order valence-electron chi connectivity index (χ0n) is 13.2. The number of hydrogen-bond donors (Lipinski definition) is 1. The lowest BCUT2D eigenvalue weighted by Gasteiger charge is -2.23. The number of benzene rings is 1. The maximum Gasteiger partial charge on any atom is 0.244 e. The van der Waals surface area contributed by atoms with Crippen LogP contribution >= 0.6 is 11.3 Å². The number of nitriles is 1. The van der Waals surface area contributed by atoms with Gasteiger partial charge >= 0.3 is 0 Å². The second-order valence-electron chi connectivity index (χ2n) is 5.31. The van der Waals surface area contributed by atoms with Crippen LogP contribution in [0.1, 0.15) is 22.0 Å². The van der Waals surface area contributed by atoms with Crippen LogP contribution in [0, 0.1) is 11.3 Å². The van der Waals surface area contributed by atoms with Gasteiger partial charge in [0.2, 0.25) is 5.91 Å². The van der Waals surface area contributed by atoms with Crippen molar-refractivity contribution in [2.24, 2.45) is 0 Å². The molecule has 0 unspecified atom stereocenters. The van der Waals surface area contributed by atoms with E-state index in [2.05, 4.69) is 22.4 Å². The highest BCUT2D eigenvalue weighted by molar-refractivity contribution is 7.10. The largest absolute Gasteiger partial charge is 0.351 e. The molecule has 0 saturated carbocycles. The summed E-state index contributed by atoms with van der Waals surface area (Å²) in [4.78, 5) is 15.3. The molecule has 0 spiro atoms. The first-order valence-electron chi connectivity index (χ1n) is 7.26. The SMILES string of the molecule is CN(C)[C@H](CNC(=O)/C=C\c1ccc(C#N)cc1)c1cccs1. The number of rotatable bonds is 6. The molecule has 4 nitrogen and oxygen atoms in total. The molecule has 0 aliphatic heterocycles. The van der Waals surface area contributed by atoms with Crippen LogP contribution in [-0.2, 0) is 4.79 Å². The molecule has 0 fully saturated rings. The lowest BCUT2D eigenvalue weighted by atomic mass is 10.1. The molecule has 0 aliphatic carbocycles. The third-order valence-electron chi connectivity index (χ3n) is 3.43. The van der Waals surface area contributed by atoms with Crippen molar-refractivity contribution in [3.63, 3.8) is 0 Å². The Balaban J connectivity index is 1.91. The molecule has 1 aromatic carbocycles. The third-order valence-corrected chi connectivity index (χ3v) is 4.41. The Morgan fingerprint density at radius 1 is 1.35 bits per heavy atom. The van der Waals surface area contributed by atoms with Crippen LogP contribution < -0.4 is 5.32 Å². The van der Waals surface area contributed by atoms with E-state index in [9.17, 15) is 4.79 Å². The number of nitrogens with zero attached hydrogens (tertiary/aromatic N) is 2. The van der Waals surface area contributed by atoms with Gasteiger partial charge in [-0.25, -0.2) is 0 Å². The Hall–Kier alpha value is -2.42. The fourth-order valence-electron chi connectivity index (χ4n) is 2.12. The number of likely N-dealkylation sites (N-methyl/N-ethyl adjacent to an activating group) is 1. The first kappa shape index (κ1) is 16.9. The normalized spacial score (nSPS) is 12.3. The highest BCUT2D eigenvalue weighted by Crippen LogP contribution is 2.22. The van der Waals surface area contributed by atoms with Gasteiger partial charge in [-0.05, 0) is 49.3 Å². The van der Waals surface area contributed by atoms with E-state index in [1.807, 2.05) is 37.7 Å². The average molecular weight is 325 g/mol. The van der Waals surface area contributed by atoms with E-state index in [0.29, 0.717) is 12.1 Å². The second-order valence-corrected chi connectivity index (χ2v) is 6.29. The van der Waals surface area contributed by atoms with Crippen molar-refractivity contribution in [1.82, 2.24) is 10.2 Å². The van der Waals surface area contributed by atoms with Crippen molar-refractivity contribution in [3.05, 3.63) is 63.9 Å². The summed E-state index contributed by atoms with van der Waals surface area (Å²) in [5, 5.41) is 13.7.